The summed E-state index contributed by atoms with van der Waals surface area (Å²) in [6, 6.07) is -1.16. The summed E-state index contributed by atoms with van der Waals surface area (Å²) in [4.78, 5) is 37.0. The van der Waals surface area contributed by atoms with Gasteiger partial charge in [-0.3, -0.25) is 4.90 Å². The normalized spacial score (nSPS) is 24.7. The van der Waals surface area contributed by atoms with Crippen LogP contribution in [0.25, 0.3) is 0 Å². The SMILES string of the molecule is C=CCOC(=O)N1CCC[C@H]1C(=O)OC(=O)[C@@H]1CCCN1. The van der Waals surface area contributed by atoms with E-state index in [2.05, 4.69) is 11.9 Å². The maximum Gasteiger partial charge on any atom is 0.410 e. The van der Waals surface area contributed by atoms with Crippen molar-refractivity contribution in [1.29, 1.82) is 0 Å². The van der Waals surface area contributed by atoms with Gasteiger partial charge in [0, 0.05) is 6.54 Å². The van der Waals surface area contributed by atoms with E-state index in [0.29, 0.717) is 25.8 Å². The highest BCUT2D eigenvalue weighted by Crippen LogP contribution is 2.20. The van der Waals surface area contributed by atoms with Crippen molar-refractivity contribution in [3.8, 4) is 0 Å². The van der Waals surface area contributed by atoms with Crippen LogP contribution in [0.3, 0.4) is 0 Å². The van der Waals surface area contributed by atoms with Crippen LogP contribution in [0.5, 0.6) is 0 Å². The van der Waals surface area contributed by atoms with Gasteiger partial charge in [0.1, 0.15) is 18.7 Å². The number of nitrogens with one attached hydrogen (secondary N) is 1. The Morgan fingerprint density at radius 1 is 1.24 bits per heavy atom. The minimum Gasteiger partial charge on any atom is -0.445 e. The maximum atomic E-state index is 12.1. The molecule has 1 N–H and O–H groups in total. The smallest absolute Gasteiger partial charge is 0.410 e. The van der Waals surface area contributed by atoms with Crippen molar-refractivity contribution in [3.63, 3.8) is 0 Å². The van der Waals surface area contributed by atoms with E-state index in [1.165, 1.54) is 11.0 Å². The fourth-order valence-electron chi connectivity index (χ4n) is 2.57. The molecule has 0 aliphatic carbocycles. The van der Waals surface area contributed by atoms with E-state index in [-0.39, 0.29) is 6.61 Å². The highest BCUT2D eigenvalue weighted by atomic mass is 16.6. The monoisotopic (exact) mass is 296 g/mol. The molecule has 0 bridgehead atoms. The minimum atomic E-state index is -0.743. The Morgan fingerprint density at radius 2 is 2.05 bits per heavy atom. The number of hydrogen-bond donors (Lipinski definition) is 1. The van der Waals surface area contributed by atoms with Gasteiger partial charge < -0.3 is 14.8 Å². The van der Waals surface area contributed by atoms with Crippen LogP contribution in [-0.4, -0.2) is 54.7 Å². The second-order valence-corrected chi connectivity index (χ2v) is 5.11. The summed E-state index contributed by atoms with van der Waals surface area (Å²) < 4.78 is 9.82. The number of hydrogen-bond acceptors (Lipinski definition) is 6. The zero-order chi connectivity index (χ0) is 15.2. The highest BCUT2D eigenvalue weighted by molar-refractivity contribution is 5.92. The summed E-state index contributed by atoms with van der Waals surface area (Å²) in [5.74, 6) is -1.24. The predicted octanol–water partition coefficient (Wildman–Crippen LogP) is 0.595. The molecule has 2 rings (SSSR count). The van der Waals surface area contributed by atoms with Crippen LogP contribution in [0.1, 0.15) is 25.7 Å². The molecule has 0 aromatic carbocycles. The van der Waals surface area contributed by atoms with Crippen LogP contribution in [0.4, 0.5) is 4.79 Å². The Balaban J connectivity index is 1.89. The molecule has 0 aromatic rings. The van der Waals surface area contributed by atoms with Crippen LogP contribution in [0.2, 0.25) is 0 Å². The lowest BCUT2D eigenvalue weighted by atomic mass is 10.2. The van der Waals surface area contributed by atoms with Gasteiger partial charge in [-0.05, 0) is 32.2 Å². The predicted molar refractivity (Wildman–Crippen MR) is 73.4 cm³/mol. The number of amides is 1. The lowest BCUT2D eigenvalue weighted by molar-refractivity contribution is -0.163. The second kappa shape index (κ2) is 7.21. The highest BCUT2D eigenvalue weighted by Gasteiger charge is 2.38. The molecule has 2 heterocycles. The van der Waals surface area contributed by atoms with Crippen molar-refractivity contribution in [2.45, 2.75) is 37.8 Å². The molecule has 116 valence electrons. The zero-order valence-electron chi connectivity index (χ0n) is 11.9. The molecule has 7 heteroatoms. The van der Waals surface area contributed by atoms with Crippen molar-refractivity contribution in [2.75, 3.05) is 19.7 Å². The molecule has 2 fully saturated rings. The molecule has 0 aromatic heterocycles. The first kappa shape index (κ1) is 15.5. The third-order valence-corrected chi connectivity index (χ3v) is 3.63. The summed E-state index contributed by atoms with van der Waals surface area (Å²) in [5, 5.41) is 2.97. The van der Waals surface area contributed by atoms with E-state index >= 15 is 0 Å². The standard InChI is InChI=1S/C14H20N2O5/c1-2-9-20-14(19)16-8-4-6-11(16)13(18)21-12(17)10-5-3-7-15-10/h2,10-11,15H,1,3-9H2/t10-,11-/m0/s1. The molecule has 2 saturated heterocycles. The average Bonchev–Trinajstić information content (AvgIpc) is 3.14. The Bertz CT molecular complexity index is 431. The summed E-state index contributed by atoms with van der Waals surface area (Å²) in [6.07, 6.45) is 3.59. The Hall–Kier alpha value is -1.89. The molecular formula is C14H20N2O5. The molecule has 0 radical (unpaired) electrons. The number of ether oxygens (including phenoxy) is 2. The van der Waals surface area contributed by atoms with Gasteiger partial charge in [-0.2, -0.15) is 0 Å². The van der Waals surface area contributed by atoms with E-state index in [1.807, 2.05) is 0 Å². The zero-order valence-corrected chi connectivity index (χ0v) is 11.9. The van der Waals surface area contributed by atoms with Gasteiger partial charge in [-0.25, -0.2) is 14.4 Å². The van der Waals surface area contributed by atoms with Crippen molar-refractivity contribution in [2.24, 2.45) is 0 Å². The molecule has 21 heavy (non-hydrogen) atoms. The lowest BCUT2D eigenvalue weighted by Crippen LogP contribution is -2.44. The topological polar surface area (TPSA) is 84.9 Å². The Kier molecular flexibility index (Phi) is 5.32. The van der Waals surface area contributed by atoms with Crippen LogP contribution in [0.15, 0.2) is 12.7 Å². The maximum absolute atomic E-state index is 12.1. The summed E-state index contributed by atoms with van der Waals surface area (Å²) in [7, 11) is 0. The van der Waals surface area contributed by atoms with Gasteiger partial charge in [-0.15, -0.1) is 0 Å². The van der Waals surface area contributed by atoms with Gasteiger partial charge in [0.15, 0.2) is 0 Å². The molecule has 2 atom stereocenters. The quantitative estimate of drug-likeness (QED) is 0.464. The molecule has 2 aliphatic rings. The van der Waals surface area contributed by atoms with Gasteiger partial charge in [0.05, 0.1) is 0 Å². The van der Waals surface area contributed by atoms with Crippen molar-refractivity contribution in [3.05, 3.63) is 12.7 Å². The van der Waals surface area contributed by atoms with Crippen molar-refractivity contribution >= 4 is 18.0 Å². The fourth-order valence-corrected chi connectivity index (χ4v) is 2.57. The van der Waals surface area contributed by atoms with Gasteiger partial charge >= 0.3 is 18.0 Å². The van der Waals surface area contributed by atoms with Crippen LogP contribution in [-0.2, 0) is 19.1 Å². The number of nitrogens with zero attached hydrogens (tertiary/aromatic N) is 1. The summed E-state index contributed by atoms with van der Waals surface area (Å²) >= 11 is 0. The van der Waals surface area contributed by atoms with Gasteiger partial charge in [0.2, 0.25) is 0 Å². The molecule has 0 unspecified atom stereocenters. The summed E-state index contributed by atoms with van der Waals surface area (Å²) in [5.41, 5.74) is 0. The number of carbonyl (C=O) groups excluding carboxylic acids is 3. The van der Waals surface area contributed by atoms with Gasteiger partial charge in [-0.1, -0.05) is 12.7 Å². The summed E-state index contributed by atoms with van der Waals surface area (Å²) in [6.45, 7) is 4.71. The van der Waals surface area contributed by atoms with Crippen molar-refractivity contribution < 1.29 is 23.9 Å². The minimum absolute atomic E-state index is 0.0853. The van der Waals surface area contributed by atoms with E-state index in [1.54, 1.807) is 0 Å². The molecule has 0 spiro atoms. The first-order valence-electron chi connectivity index (χ1n) is 7.16. The molecule has 2 aliphatic heterocycles. The molecule has 7 nitrogen and oxygen atoms in total. The van der Waals surface area contributed by atoms with Crippen LogP contribution >= 0.6 is 0 Å². The number of rotatable bonds is 4. The van der Waals surface area contributed by atoms with E-state index in [0.717, 1.165) is 13.0 Å². The van der Waals surface area contributed by atoms with Gasteiger partial charge in [0.25, 0.3) is 0 Å². The Labute approximate surface area is 123 Å². The third kappa shape index (κ3) is 3.81. The van der Waals surface area contributed by atoms with Crippen molar-refractivity contribution in [1.82, 2.24) is 10.2 Å². The molecule has 1 amide bonds. The molecular weight excluding hydrogens is 276 g/mol. The fraction of sp³-hybridized carbons (Fsp3) is 0.643. The van der Waals surface area contributed by atoms with E-state index < -0.39 is 30.1 Å². The van der Waals surface area contributed by atoms with Crippen LogP contribution < -0.4 is 5.32 Å². The Morgan fingerprint density at radius 3 is 2.71 bits per heavy atom. The number of likely N-dealkylation sites (tertiary alicyclic amines) is 1. The lowest BCUT2D eigenvalue weighted by Gasteiger charge is -2.22. The van der Waals surface area contributed by atoms with E-state index in [9.17, 15) is 14.4 Å². The first-order valence-corrected chi connectivity index (χ1v) is 7.16. The van der Waals surface area contributed by atoms with Crippen LogP contribution in [0, 0.1) is 0 Å². The first-order chi connectivity index (χ1) is 10.1. The van der Waals surface area contributed by atoms with E-state index in [4.69, 9.17) is 9.47 Å². The second-order valence-electron chi connectivity index (χ2n) is 5.11. The number of carbonyl (C=O) groups is 3. The third-order valence-electron chi connectivity index (χ3n) is 3.63. The number of esters is 2. The largest absolute Gasteiger partial charge is 0.445 e. The molecule has 0 saturated carbocycles. The average molecular weight is 296 g/mol.